The zero-order valence-electron chi connectivity index (χ0n) is 18.3. The summed E-state index contributed by atoms with van der Waals surface area (Å²) in [7, 11) is -3.69. The molecule has 0 saturated carbocycles. The molecule has 2 heterocycles. The topological polar surface area (TPSA) is 64.4 Å². The lowest BCUT2D eigenvalue weighted by atomic mass is 10.1. The third-order valence-corrected chi connectivity index (χ3v) is 9.51. The predicted octanol–water partition coefficient (Wildman–Crippen LogP) is 4.95. The van der Waals surface area contributed by atoms with E-state index in [1.165, 1.54) is 11.3 Å². The standard InChI is InChI=1S/C25H27N3O2S3/c26-17-21-10-11-24-22(15-21)18-28(33(29,30)25-9-6-14-32-25)23(16-20-7-2-1-3-8-20)19-27(24)12-4-5-13-31/h1-3,6-11,14-15,23,31H,4-5,12-13,16,18-19H2/t23-/m1/s1. The number of thiophene rings is 1. The number of nitriles is 1. The number of nitrogens with zero attached hydrogens (tertiary/aromatic N) is 3. The second kappa shape index (κ2) is 10.7. The number of fused-ring (bicyclic) bond motifs is 1. The lowest BCUT2D eigenvalue weighted by Gasteiger charge is -2.32. The van der Waals surface area contributed by atoms with Crippen LogP contribution in [0.3, 0.4) is 0 Å². The maximum absolute atomic E-state index is 13.8. The molecule has 3 aromatic rings. The molecule has 1 atom stereocenters. The summed E-state index contributed by atoms with van der Waals surface area (Å²) >= 11 is 5.59. The van der Waals surface area contributed by atoms with Crippen molar-refractivity contribution in [2.75, 3.05) is 23.7 Å². The monoisotopic (exact) mass is 497 g/mol. The number of benzene rings is 2. The first-order chi connectivity index (χ1) is 16.0. The van der Waals surface area contributed by atoms with Crippen LogP contribution in [0, 0.1) is 11.3 Å². The Morgan fingerprint density at radius 3 is 2.61 bits per heavy atom. The third-order valence-electron chi connectivity index (χ3n) is 5.92. The number of hydrogen-bond acceptors (Lipinski definition) is 6. The van der Waals surface area contributed by atoms with Crippen molar-refractivity contribution in [3.05, 3.63) is 82.7 Å². The predicted molar refractivity (Wildman–Crippen MR) is 137 cm³/mol. The van der Waals surface area contributed by atoms with Gasteiger partial charge in [-0.3, -0.25) is 0 Å². The first-order valence-corrected chi connectivity index (χ1v) is 14.0. The number of anilines is 1. The molecule has 8 heteroatoms. The van der Waals surface area contributed by atoms with Crippen molar-refractivity contribution in [3.8, 4) is 6.07 Å². The largest absolute Gasteiger partial charge is 0.370 e. The Labute approximate surface area is 205 Å². The summed E-state index contributed by atoms with van der Waals surface area (Å²) in [5, 5.41) is 11.3. The minimum atomic E-state index is -3.69. The molecule has 0 radical (unpaired) electrons. The van der Waals surface area contributed by atoms with Crippen molar-refractivity contribution in [2.24, 2.45) is 0 Å². The minimum Gasteiger partial charge on any atom is -0.370 e. The van der Waals surface area contributed by atoms with E-state index in [9.17, 15) is 13.7 Å². The summed E-state index contributed by atoms with van der Waals surface area (Å²) in [6, 6.07) is 21.1. The van der Waals surface area contributed by atoms with Gasteiger partial charge in [0.2, 0.25) is 0 Å². The molecule has 2 aromatic carbocycles. The molecule has 5 nitrogen and oxygen atoms in total. The van der Waals surface area contributed by atoms with E-state index in [4.69, 9.17) is 0 Å². The SMILES string of the molecule is N#Cc1ccc2c(c1)CN(S(=O)(=O)c1cccs1)[C@H](Cc1ccccc1)CN2CCCCS. The van der Waals surface area contributed by atoms with Crippen LogP contribution in [0.25, 0.3) is 0 Å². The van der Waals surface area contributed by atoms with Gasteiger partial charge in [-0.25, -0.2) is 8.42 Å². The number of rotatable bonds is 8. The summed E-state index contributed by atoms with van der Waals surface area (Å²) in [5.74, 6) is 0.820. The Morgan fingerprint density at radius 1 is 1.09 bits per heavy atom. The normalized spacial score (nSPS) is 16.7. The molecule has 0 fully saturated rings. The van der Waals surface area contributed by atoms with Gasteiger partial charge in [0.05, 0.1) is 11.6 Å². The highest BCUT2D eigenvalue weighted by Crippen LogP contribution is 2.34. The van der Waals surface area contributed by atoms with Crippen molar-refractivity contribution in [2.45, 2.75) is 36.1 Å². The summed E-state index contributed by atoms with van der Waals surface area (Å²) in [5.41, 5.74) is 3.53. The maximum Gasteiger partial charge on any atom is 0.253 e. The molecule has 1 aromatic heterocycles. The van der Waals surface area contributed by atoms with Gasteiger partial charge in [-0.2, -0.15) is 22.2 Å². The zero-order valence-corrected chi connectivity index (χ0v) is 20.8. The Morgan fingerprint density at radius 2 is 1.91 bits per heavy atom. The fourth-order valence-electron chi connectivity index (χ4n) is 4.32. The highest BCUT2D eigenvalue weighted by molar-refractivity contribution is 7.91. The fraction of sp³-hybridized carbons (Fsp3) is 0.320. The smallest absolute Gasteiger partial charge is 0.253 e. The van der Waals surface area contributed by atoms with Gasteiger partial charge >= 0.3 is 0 Å². The summed E-state index contributed by atoms with van der Waals surface area (Å²) < 4.78 is 29.5. The molecule has 1 aliphatic rings. The Bertz CT molecular complexity index is 1210. The summed E-state index contributed by atoms with van der Waals surface area (Å²) in [6.45, 7) is 1.65. The van der Waals surface area contributed by atoms with E-state index in [2.05, 4.69) is 23.6 Å². The molecule has 0 saturated heterocycles. The van der Waals surface area contributed by atoms with Gasteiger partial charge in [0.1, 0.15) is 4.21 Å². The Balaban J connectivity index is 1.79. The average molecular weight is 498 g/mol. The molecule has 1 aliphatic heterocycles. The van der Waals surface area contributed by atoms with Crippen LogP contribution in [0.15, 0.2) is 70.3 Å². The van der Waals surface area contributed by atoms with Crippen molar-refractivity contribution >= 4 is 39.7 Å². The van der Waals surface area contributed by atoms with Gasteiger partial charge in [0, 0.05) is 31.4 Å². The van der Waals surface area contributed by atoms with Gasteiger partial charge in [-0.05, 0) is 65.8 Å². The first kappa shape index (κ1) is 23.8. The number of hydrogen-bond donors (Lipinski definition) is 1. The van der Waals surface area contributed by atoms with E-state index >= 15 is 0 Å². The quantitative estimate of drug-likeness (QED) is 0.353. The molecule has 0 unspecified atom stereocenters. The molecule has 33 heavy (non-hydrogen) atoms. The lowest BCUT2D eigenvalue weighted by Crippen LogP contribution is -2.45. The van der Waals surface area contributed by atoms with Crippen molar-refractivity contribution in [1.82, 2.24) is 4.31 Å². The van der Waals surface area contributed by atoms with Crippen LogP contribution in [0.4, 0.5) is 5.69 Å². The molecule has 0 spiro atoms. The molecule has 0 amide bonds. The van der Waals surface area contributed by atoms with Crippen LogP contribution in [0.5, 0.6) is 0 Å². The van der Waals surface area contributed by atoms with E-state index in [0.717, 1.165) is 42.0 Å². The van der Waals surface area contributed by atoms with Crippen molar-refractivity contribution < 1.29 is 8.42 Å². The Kier molecular flexibility index (Phi) is 7.76. The van der Waals surface area contributed by atoms with Crippen LogP contribution >= 0.6 is 24.0 Å². The van der Waals surface area contributed by atoms with Gasteiger partial charge in [0.15, 0.2) is 0 Å². The van der Waals surface area contributed by atoms with Crippen LogP contribution in [-0.4, -0.2) is 37.6 Å². The van der Waals surface area contributed by atoms with E-state index < -0.39 is 10.0 Å². The van der Waals surface area contributed by atoms with Crippen LogP contribution in [0.2, 0.25) is 0 Å². The fourth-order valence-corrected chi connectivity index (χ4v) is 7.25. The van der Waals surface area contributed by atoms with Gasteiger partial charge in [-0.15, -0.1) is 11.3 Å². The Hall–Kier alpha value is -2.31. The van der Waals surface area contributed by atoms with E-state index in [1.54, 1.807) is 21.8 Å². The van der Waals surface area contributed by atoms with Crippen molar-refractivity contribution in [1.29, 1.82) is 5.26 Å². The van der Waals surface area contributed by atoms with E-state index in [1.807, 2.05) is 48.5 Å². The maximum atomic E-state index is 13.8. The summed E-state index contributed by atoms with van der Waals surface area (Å²) in [4.78, 5) is 2.29. The van der Waals surface area contributed by atoms with Crippen LogP contribution in [-0.2, 0) is 23.0 Å². The number of unbranched alkanes of at least 4 members (excludes halogenated alkanes) is 1. The molecule has 172 valence electrons. The number of sulfonamides is 1. The van der Waals surface area contributed by atoms with Gasteiger partial charge < -0.3 is 4.90 Å². The van der Waals surface area contributed by atoms with Crippen LogP contribution < -0.4 is 4.90 Å². The minimum absolute atomic E-state index is 0.242. The van der Waals surface area contributed by atoms with E-state index in [0.29, 0.717) is 22.7 Å². The van der Waals surface area contributed by atoms with Crippen LogP contribution in [0.1, 0.15) is 29.5 Å². The highest BCUT2D eigenvalue weighted by atomic mass is 32.2. The number of thiol groups is 1. The lowest BCUT2D eigenvalue weighted by molar-refractivity contribution is 0.319. The van der Waals surface area contributed by atoms with Crippen molar-refractivity contribution in [3.63, 3.8) is 0 Å². The molecule has 0 aliphatic carbocycles. The summed E-state index contributed by atoms with van der Waals surface area (Å²) in [6.07, 6.45) is 2.58. The molecular weight excluding hydrogens is 470 g/mol. The molecular formula is C25H27N3O2S3. The van der Waals surface area contributed by atoms with Gasteiger partial charge in [-0.1, -0.05) is 36.4 Å². The second-order valence-corrected chi connectivity index (χ2v) is 11.7. The molecule has 4 rings (SSSR count). The second-order valence-electron chi connectivity index (χ2n) is 8.16. The third kappa shape index (κ3) is 5.44. The zero-order chi connectivity index (χ0) is 23.3. The van der Waals surface area contributed by atoms with E-state index in [-0.39, 0.29) is 12.6 Å². The van der Waals surface area contributed by atoms with Gasteiger partial charge in [0.25, 0.3) is 10.0 Å². The molecule has 0 bridgehead atoms. The average Bonchev–Trinajstić information content (AvgIpc) is 3.33. The highest BCUT2D eigenvalue weighted by Gasteiger charge is 2.36. The molecule has 0 N–H and O–H groups in total. The first-order valence-electron chi connectivity index (χ1n) is 11.0.